The monoisotopic (exact) mass is 452 g/mol. The molecule has 0 fully saturated rings. The van der Waals surface area contributed by atoms with Crippen molar-refractivity contribution < 1.29 is 23.4 Å². The van der Waals surface area contributed by atoms with Crippen molar-refractivity contribution in [1.29, 1.82) is 0 Å². The number of rotatable bonds is 9. The normalized spacial score (nSPS) is 12.4. The SMILES string of the molecule is COCc1ccc(N(CC(C)=O)CC(O)Cn2c3ccc(F)cc3c3cc(F)ccc32)cc1. The van der Waals surface area contributed by atoms with Crippen LogP contribution in [0.25, 0.3) is 21.8 Å². The van der Waals surface area contributed by atoms with Gasteiger partial charge < -0.3 is 19.3 Å². The van der Waals surface area contributed by atoms with Gasteiger partial charge in [-0.15, -0.1) is 0 Å². The number of aliphatic hydroxyl groups is 1. The van der Waals surface area contributed by atoms with Crippen molar-refractivity contribution in [2.24, 2.45) is 0 Å². The Balaban J connectivity index is 1.63. The van der Waals surface area contributed by atoms with Gasteiger partial charge in [-0.1, -0.05) is 12.1 Å². The summed E-state index contributed by atoms with van der Waals surface area (Å²) >= 11 is 0. The number of aliphatic hydroxyl groups excluding tert-OH is 1. The molecule has 0 amide bonds. The fraction of sp³-hybridized carbons (Fsp3) is 0.269. The van der Waals surface area contributed by atoms with Gasteiger partial charge in [0.25, 0.3) is 0 Å². The summed E-state index contributed by atoms with van der Waals surface area (Å²) in [5.74, 6) is -0.835. The standard InChI is InChI=1S/C26H26F2N2O3/c1-17(31)13-29(21-7-3-18(4-8-21)16-33-2)14-22(32)15-30-25-9-5-19(27)11-23(25)24-12-20(28)6-10-26(24)30/h3-12,22,32H,13-16H2,1-2H3. The van der Waals surface area contributed by atoms with Gasteiger partial charge in [-0.2, -0.15) is 0 Å². The number of anilines is 1. The van der Waals surface area contributed by atoms with Gasteiger partial charge in [0.15, 0.2) is 0 Å². The third-order valence-corrected chi connectivity index (χ3v) is 5.64. The molecule has 4 aromatic rings. The van der Waals surface area contributed by atoms with Gasteiger partial charge >= 0.3 is 0 Å². The Morgan fingerprint density at radius 1 is 1.00 bits per heavy atom. The van der Waals surface area contributed by atoms with Crippen LogP contribution in [0.2, 0.25) is 0 Å². The van der Waals surface area contributed by atoms with Crippen LogP contribution in [0, 0.1) is 11.6 Å². The zero-order valence-electron chi connectivity index (χ0n) is 18.6. The fourth-order valence-corrected chi connectivity index (χ4v) is 4.27. The lowest BCUT2D eigenvalue weighted by atomic mass is 10.1. The van der Waals surface area contributed by atoms with E-state index in [1.807, 2.05) is 33.7 Å². The number of hydrogen-bond acceptors (Lipinski definition) is 4. The number of Topliss-reactive ketones (excluding diaryl/α,β-unsaturated/α-hetero) is 1. The molecule has 0 bridgehead atoms. The summed E-state index contributed by atoms with van der Waals surface area (Å²) in [6.07, 6.45) is -0.836. The number of ketones is 1. The maximum Gasteiger partial charge on any atom is 0.149 e. The summed E-state index contributed by atoms with van der Waals surface area (Å²) in [6.45, 7) is 2.57. The smallest absolute Gasteiger partial charge is 0.149 e. The summed E-state index contributed by atoms with van der Waals surface area (Å²) in [7, 11) is 1.63. The van der Waals surface area contributed by atoms with Crippen LogP contribution in [0.3, 0.4) is 0 Å². The molecule has 0 radical (unpaired) electrons. The second-order valence-corrected chi connectivity index (χ2v) is 8.27. The molecule has 1 heterocycles. The highest BCUT2D eigenvalue weighted by Crippen LogP contribution is 2.30. The van der Waals surface area contributed by atoms with Gasteiger partial charge in [-0.3, -0.25) is 4.79 Å². The van der Waals surface area contributed by atoms with Crippen LogP contribution >= 0.6 is 0 Å². The van der Waals surface area contributed by atoms with E-state index >= 15 is 0 Å². The van der Waals surface area contributed by atoms with Crippen molar-refractivity contribution in [3.63, 3.8) is 0 Å². The van der Waals surface area contributed by atoms with Crippen LogP contribution in [0.15, 0.2) is 60.7 Å². The van der Waals surface area contributed by atoms with Crippen molar-refractivity contribution in [3.8, 4) is 0 Å². The number of fused-ring (bicyclic) bond motifs is 3. The number of methoxy groups -OCH3 is 1. The first-order valence-electron chi connectivity index (χ1n) is 10.7. The number of aromatic nitrogens is 1. The van der Waals surface area contributed by atoms with Gasteiger partial charge in [0, 0.05) is 41.1 Å². The average Bonchev–Trinajstić information content (AvgIpc) is 3.05. The minimum atomic E-state index is -0.836. The van der Waals surface area contributed by atoms with Crippen LogP contribution in [0.5, 0.6) is 0 Å². The van der Waals surface area contributed by atoms with Crippen LogP contribution in [0.1, 0.15) is 12.5 Å². The predicted octanol–water partition coefficient (Wildman–Crippen LogP) is 4.68. The van der Waals surface area contributed by atoms with Gasteiger partial charge in [-0.05, 0) is 61.0 Å². The second-order valence-electron chi connectivity index (χ2n) is 8.27. The Bertz CT molecular complexity index is 1230. The Labute approximate surface area is 190 Å². The zero-order chi connectivity index (χ0) is 23.5. The molecule has 1 unspecified atom stereocenters. The molecule has 0 aliphatic rings. The molecule has 172 valence electrons. The first-order valence-corrected chi connectivity index (χ1v) is 10.7. The Kier molecular flexibility index (Phi) is 6.72. The van der Waals surface area contributed by atoms with Gasteiger partial charge in [-0.25, -0.2) is 8.78 Å². The van der Waals surface area contributed by atoms with Gasteiger partial charge in [0.05, 0.1) is 25.8 Å². The highest BCUT2D eigenvalue weighted by Gasteiger charge is 2.18. The van der Waals surface area contributed by atoms with Gasteiger partial charge in [0.2, 0.25) is 0 Å². The van der Waals surface area contributed by atoms with E-state index in [0.29, 0.717) is 28.4 Å². The Morgan fingerprint density at radius 2 is 1.58 bits per heavy atom. The number of ether oxygens (including phenoxy) is 1. The predicted molar refractivity (Wildman–Crippen MR) is 125 cm³/mol. The molecule has 3 aromatic carbocycles. The molecule has 33 heavy (non-hydrogen) atoms. The highest BCUT2D eigenvalue weighted by molar-refractivity contribution is 6.08. The van der Waals surface area contributed by atoms with Crippen LogP contribution in [-0.2, 0) is 22.7 Å². The molecule has 7 heteroatoms. The third-order valence-electron chi connectivity index (χ3n) is 5.64. The van der Waals surface area contributed by atoms with Crippen molar-refractivity contribution in [2.45, 2.75) is 26.2 Å². The van der Waals surface area contributed by atoms with Crippen molar-refractivity contribution in [1.82, 2.24) is 4.57 Å². The second kappa shape index (κ2) is 9.68. The lowest BCUT2D eigenvalue weighted by Crippen LogP contribution is -2.37. The average molecular weight is 453 g/mol. The molecule has 1 atom stereocenters. The topological polar surface area (TPSA) is 54.7 Å². The van der Waals surface area contributed by atoms with E-state index in [9.17, 15) is 18.7 Å². The molecule has 0 aliphatic heterocycles. The molecule has 0 saturated heterocycles. The first-order chi connectivity index (χ1) is 15.9. The quantitative estimate of drug-likeness (QED) is 0.401. The summed E-state index contributed by atoms with van der Waals surface area (Å²) < 4.78 is 34.8. The summed E-state index contributed by atoms with van der Waals surface area (Å²) in [5.41, 5.74) is 3.24. The lowest BCUT2D eigenvalue weighted by molar-refractivity contribution is -0.115. The van der Waals surface area contributed by atoms with Crippen molar-refractivity contribution in [2.75, 3.05) is 25.1 Å². The largest absolute Gasteiger partial charge is 0.389 e. The van der Waals surface area contributed by atoms with E-state index in [-0.39, 0.29) is 25.4 Å². The number of carbonyl (C=O) groups excluding carboxylic acids is 1. The van der Waals surface area contributed by atoms with Crippen LogP contribution < -0.4 is 4.90 Å². The molecule has 5 nitrogen and oxygen atoms in total. The van der Waals surface area contributed by atoms with E-state index in [1.165, 1.54) is 31.2 Å². The van der Waals surface area contributed by atoms with Crippen LogP contribution in [-0.4, -0.2) is 41.8 Å². The van der Waals surface area contributed by atoms with E-state index in [4.69, 9.17) is 4.74 Å². The maximum absolute atomic E-state index is 13.9. The van der Waals surface area contributed by atoms with Crippen LogP contribution in [0.4, 0.5) is 14.5 Å². The van der Waals surface area contributed by atoms with Gasteiger partial charge in [0.1, 0.15) is 17.4 Å². The van der Waals surface area contributed by atoms with E-state index in [1.54, 1.807) is 19.2 Å². The molecule has 4 rings (SSSR count). The molecular weight excluding hydrogens is 426 g/mol. The van der Waals surface area contributed by atoms with E-state index in [0.717, 1.165) is 11.3 Å². The van der Waals surface area contributed by atoms with E-state index in [2.05, 4.69) is 0 Å². The number of nitrogens with zero attached hydrogens (tertiary/aromatic N) is 2. The number of halogens is 2. The molecule has 0 spiro atoms. The summed E-state index contributed by atoms with van der Waals surface area (Å²) in [5, 5.41) is 12.2. The lowest BCUT2D eigenvalue weighted by Gasteiger charge is -2.27. The Morgan fingerprint density at radius 3 is 2.09 bits per heavy atom. The number of hydrogen-bond donors (Lipinski definition) is 1. The summed E-state index contributed by atoms with van der Waals surface area (Å²) in [4.78, 5) is 13.7. The molecule has 0 aliphatic carbocycles. The third kappa shape index (κ3) is 5.05. The highest BCUT2D eigenvalue weighted by atomic mass is 19.1. The zero-order valence-corrected chi connectivity index (χ0v) is 18.6. The van der Waals surface area contributed by atoms with Crippen molar-refractivity contribution in [3.05, 3.63) is 77.9 Å². The number of benzene rings is 3. The first kappa shape index (κ1) is 22.9. The molecule has 1 N–H and O–H groups in total. The number of carbonyl (C=O) groups is 1. The maximum atomic E-state index is 13.9. The minimum Gasteiger partial charge on any atom is -0.389 e. The fourth-order valence-electron chi connectivity index (χ4n) is 4.27. The van der Waals surface area contributed by atoms with E-state index < -0.39 is 17.7 Å². The Hall–Kier alpha value is -3.29. The molecular formula is C26H26F2N2O3. The molecule has 1 aromatic heterocycles. The van der Waals surface area contributed by atoms with Crippen molar-refractivity contribution >= 4 is 33.3 Å². The molecule has 0 saturated carbocycles. The minimum absolute atomic E-state index is 0.0222. The summed E-state index contributed by atoms with van der Waals surface area (Å²) in [6, 6.07) is 16.4.